The molecule has 0 amide bonds. The van der Waals surface area contributed by atoms with Gasteiger partial charge >= 0.3 is 0 Å². The summed E-state index contributed by atoms with van der Waals surface area (Å²) >= 11 is 0. The van der Waals surface area contributed by atoms with E-state index in [-0.39, 0.29) is 0 Å². The average molecular weight is 265 g/mol. The van der Waals surface area contributed by atoms with Crippen LogP contribution in [0.25, 0.3) is 0 Å². The van der Waals surface area contributed by atoms with E-state index in [1.165, 1.54) is 29.5 Å². The quantitative estimate of drug-likeness (QED) is 0.918. The van der Waals surface area contributed by atoms with E-state index >= 15 is 0 Å². The Morgan fingerprint density at radius 1 is 1.05 bits per heavy atom. The molecule has 1 heterocycles. The highest BCUT2D eigenvalue weighted by atomic mass is 16.5. The Morgan fingerprint density at radius 2 is 1.90 bits per heavy atom. The van der Waals surface area contributed by atoms with Gasteiger partial charge in [-0.05, 0) is 48.1 Å². The summed E-state index contributed by atoms with van der Waals surface area (Å²) in [6, 6.07) is 16.9. The third kappa shape index (κ3) is 2.10. The molecule has 0 saturated heterocycles. The Morgan fingerprint density at radius 3 is 2.70 bits per heavy atom. The Hall–Kier alpha value is -1.80. The van der Waals surface area contributed by atoms with Gasteiger partial charge in [0.25, 0.3) is 0 Å². The molecule has 4 rings (SSSR count). The van der Waals surface area contributed by atoms with Crippen LogP contribution >= 0.6 is 0 Å². The standard InChI is InChI=1S/C18H19NO/c1-2-4-14(5-3-1)13-20-16-6-7-17-15(12-16)8-11-19-18(17)9-10-18/h1-7,12,19H,8-11,13H2. The van der Waals surface area contributed by atoms with E-state index in [1.54, 1.807) is 0 Å². The van der Waals surface area contributed by atoms with Gasteiger partial charge in [0, 0.05) is 12.1 Å². The van der Waals surface area contributed by atoms with Crippen molar-refractivity contribution in [2.45, 2.75) is 31.4 Å². The minimum Gasteiger partial charge on any atom is -0.489 e. The molecule has 2 nitrogen and oxygen atoms in total. The monoisotopic (exact) mass is 265 g/mol. The highest BCUT2D eigenvalue weighted by Crippen LogP contribution is 2.49. The van der Waals surface area contributed by atoms with E-state index in [9.17, 15) is 0 Å². The van der Waals surface area contributed by atoms with E-state index in [2.05, 4.69) is 35.6 Å². The van der Waals surface area contributed by atoms with Crippen LogP contribution < -0.4 is 10.1 Å². The van der Waals surface area contributed by atoms with Crippen molar-refractivity contribution in [3.8, 4) is 5.75 Å². The molecule has 1 fully saturated rings. The zero-order valence-electron chi connectivity index (χ0n) is 11.6. The maximum Gasteiger partial charge on any atom is 0.120 e. The lowest BCUT2D eigenvalue weighted by Crippen LogP contribution is -2.36. The molecule has 1 aliphatic heterocycles. The van der Waals surface area contributed by atoms with Crippen molar-refractivity contribution in [2.75, 3.05) is 6.54 Å². The maximum atomic E-state index is 5.93. The Labute approximate surface area is 119 Å². The second-order valence-corrected chi connectivity index (χ2v) is 5.85. The van der Waals surface area contributed by atoms with Crippen LogP contribution in [0.5, 0.6) is 5.75 Å². The fraction of sp³-hybridized carbons (Fsp3) is 0.333. The van der Waals surface area contributed by atoms with Crippen molar-refractivity contribution < 1.29 is 4.74 Å². The van der Waals surface area contributed by atoms with E-state index in [0.717, 1.165) is 18.7 Å². The number of hydrogen-bond donors (Lipinski definition) is 1. The molecule has 1 spiro atoms. The van der Waals surface area contributed by atoms with Crippen LogP contribution in [-0.4, -0.2) is 6.54 Å². The van der Waals surface area contributed by atoms with E-state index in [0.29, 0.717) is 12.1 Å². The molecule has 0 atom stereocenters. The van der Waals surface area contributed by atoms with Gasteiger partial charge in [0.15, 0.2) is 0 Å². The molecule has 0 unspecified atom stereocenters. The number of fused-ring (bicyclic) bond motifs is 2. The first-order valence-corrected chi connectivity index (χ1v) is 7.41. The van der Waals surface area contributed by atoms with Crippen LogP contribution in [-0.2, 0) is 18.6 Å². The Balaban J connectivity index is 1.52. The molecular weight excluding hydrogens is 246 g/mol. The zero-order valence-corrected chi connectivity index (χ0v) is 11.6. The molecule has 0 radical (unpaired) electrons. The van der Waals surface area contributed by atoms with Gasteiger partial charge in [-0.3, -0.25) is 0 Å². The second kappa shape index (κ2) is 4.64. The van der Waals surface area contributed by atoms with Crippen molar-refractivity contribution in [3.63, 3.8) is 0 Å². The van der Waals surface area contributed by atoms with Gasteiger partial charge in [-0.25, -0.2) is 0 Å². The van der Waals surface area contributed by atoms with Gasteiger partial charge in [0.05, 0.1) is 0 Å². The lowest BCUT2D eigenvalue weighted by atomic mass is 9.92. The van der Waals surface area contributed by atoms with Gasteiger partial charge in [-0.1, -0.05) is 36.4 Å². The predicted octanol–water partition coefficient (Wildman–Crippen LogP) is 3.40. The summed E-state index contributed by atoms with van der Waals surface area (Å²) < 4.78 is 5.93. The number of ether oxygens (including phenoxy) is 1. The van der Waals surface area contributed by atoms with Crippen LogP contribution in [0.15, 0.2) is 48.5 Å². The number of rotatable bonds is 3. The number of benzene rings is 2. The molecule has 2 heteroatoms. The lowest BCUT2D eigenvalue weighted by Gasteiger charge is -2.27. The van der Waals surface area contributed by atoms with Gasteiger partial charge in [-0.15, -0.1) is 0 Å². The molecule has 0 aromatic heterocycles. The molecule has 1 saturated carbocycles. The van der Waals surface area contributed by atoms with Crippen LogP contribution in [0, 0.1) is 0 Å². The zero-order chi connectivity index (χ0) is 13.4. The molecular formula is C18H19NO. The van der Waals surface area contributed by atoms with Crippen LogP contribution in [0.4, 0.5) is 0 Å². The van der Waals surface area contributed by atoms with Crippen molar-refractivity contribution in [2.24, 2.45) is 0 Å². The fourth-order valence-corrected chi connectivity index (χ4v) is 3.18. The maximum absolute atomic E-state index is 5.93. The van der Waals surface area contributed by atoms with Crippen LogP contribution in [0.2, 0.25) is 0 Å². The summed E-state index contributed by atoms with van der Waals surface area (Å²) in [5, 5.41) is 3.66. The van der Waals surface area contributed by atoms with Gasteiger partial charge in [-0.2, -0.15) is 0 Å². The molecule has 102 valence electrons. The van der Waals surface area contributed by atoms with Gasteiger partial charge < -0.3 is 10.1 Å². The van der Waals surface area contributed by atoms with Crippen molar-refractivity contribution >= 4 is 0 Å². The third-order valence-corrected chi connectivity index (χ3v) is 4.45. The van der Waals surface area contributed by atoms with Crippen molar-refractivity contribution in [3.05, 3.63) is 65.2 Å². The summed E-state index contributed by atoms with van der Waals surface area (Å²) in [6.45, 7) is 1.73. The van der Waals surface area contributed by atoms with E-state index in [1.807, 2.05) is 18.2 Å². The second-order valence-electron chi connectivity index (χ2n) is 5.85. The third-order valence-electron chi connectivity index (χ3n) is 4.45. The Bertz CT molecular complexity index is 617. The summed E-state index contributed by atoms with van der Waals surface area (Å²) in [4.78, 5) is 0. The normalized spacial score (nSPS) is 18.6. The number of hydrogen-bond acceptors (Lipinski definition) is 2. The predicted molar refractivity (Wildman–Crippen MR) is 79.8 cm³/mol. The summed E-state index contributed by atoms with van der Waals surface area (Å²) in [6.07, 6.45) is 3.67. The molecule has 1 N–H and O–H groups in total. The fourth-order valence-electron chi connectivity index (χ4n) is 3.18. The van der Waals surface area contributed by atoms with Crippen LogP contribution in [0.3, 0.4) is 0 Å². The van der Waals surface area contributed by atoms with Gasteiger partial charge in [0.2, 0.25) is 0 Å². The molecule has 1 aliphatic carbocycles. The van der Waals surface area contributed by atoms with E-state index < -0.39 is 0 Å². The molecule has 2 aromatic rings. The molecule has 0 bridgehead atoms. The first kappa shape index (κ1) is 12.0. The number of nitrogens with one attached hydrogen (secondary N) is 1. The largest absolute Gasteiger partial charge is 0.489 e. The minimum absolute atomic E-state index is 0.311. The molecule has 2 aliphatic rings. The lowest BCUT2D eigenvalue weighted by molar-refractivity contribution is 0.305. The summed E-state index contributed by atoms with van der Waals surface area (Å²) in [5.41, 5.74) is 4.49. The van der Waals surface area contributed by atoms with Crippen molar-refractivity contribution in [1.82, 2.24) is 5.32 Å². The highest BCUT2D eigenvalue weighted by Gasteiger charge is 2.46. The molecule has 2 aromatic carbocycles. The SMILES string of the molecule is c1ccc(COc2ccc3c(c2)CCNC32CC2)cc1. The van der Waals surface area contributed by atoms with Crippen molar-refractivity contribution in [1.29, 1.82) is 0 Å². The van der Waals surface area contributed by atoms with E-state index in [4.69, 9.17) is 4.74 Å². The smallest absolute Gasteiger partial charge is 0.120 e. The average Bonchev–Trinajstić information content (AvgIpc) is 3.27. The van der Waals surface area contributed by atoms with Crippen LogP contribution in [0.1, 0.15) is 29.5 Å². The first-order chi connectivity index (χ1) is 9.86. The summed E-state index contributed by atoms with van der Waals surface area (Å²) in [5.74, 6) is 0.991. The highest BCUT2D eigenvalue weighted by molar-refractivity contribution is 5.44. The minimum atomic E-state index is 0.311. The Kier molecular flexibility index (Phi) is 2.78. The molecule has 20 heavy (non-hydrogen) atoms. The summed E-state index contributed by atoms with van der Waals surface area (Å²) in [7, 11) is 0. The van der Waals surface area contributed by atoms with Gasteiger partial charge in [0.1, 0.15) is 12.4 Å². The topological polar surface area (TPSA) is 21.3 Å². The first-order valence-electron chi connectivity index (χ1n) is 7.41.